The quantitative estimate of drug-likeness (QED) is 0.161. The molecule has 42 heavy (non-hydrogen) atoms. The van der Waals surface area contributed by atoms with Gasteiger partial charge in [-0.3, -0.25) is 0 Å². The minimum atomic E-state index is -0.704. The van der Waals surface area contributed by atoms with Crippen LogP contribution in [-0.4, -0.2) is 0 Å². The van der Waals surface area contributed by atoms with Gasteiger partial charge in [-0.15, -0.1) is 0 Å². The first-order valence-corrected chi connectivity index (χ1v) is 12.7. The van der Waals surface area contributed by atoms with Crippen molar-refractivity contribution < 1.29 is 17.6 Å². The number of hydrogen-bond donors (Lipinski definition) is 0. The SMILES string of the molecule is N#C/N=c1\c2cc(-c3cc(F)cc(F)c3)ccc2c2cc3/c(=N/C#N)c4cc(-c5cc(F)cc(F)c5)ccc4c3cc12. The molecule has 0 N–H and O–H groups in total. The number of rotatable bonds is 2. The molecule has 8 heteroatoms. The Labute approximate surface area is 234 Å². The third-order valence-electron chi connectivity index (χ3n) is 7.51. The molecule has 198 valence electrons. The summed E-state index contributed by atoms with van der Waals surface area (Å²) in [5.74, 6) is -2.82. The molecule has 7 aromatic rings. The van der Waals surface area contributed by atoms with Crippen LogP contribution in [0.4, 0.5) is 17.6 Å². The van der Waals surface area contributed by atoms with Gasteiger partial charge in [0, 0.05) is 33.7 Å². The first-order valence-electron chi connectivity index (χ1n) is 12.7. The van der Waals surface area contributed by atoms with Crippen molar-refractivity contribution in [1.82, 2.24) is 0 Å². The second-order valence-electron chi connectivity index (χ2n) is 9.90. The molecule has 0 amide bonds. The molecule has 0 bridgehead atoms. The fraction of sp³-hybridized carbons (Fsp3) is 0. The van der Waals surface area contributed by atoms with Gasteiger partial charge in [0.05, 0.1) is 10.7 Å². The van der Waals surface area contributed by atoms with E-state index in [1.165, 1.54) is 24.3 Å². The maximum absolute atomic E-state index is 13.9. The standard InChI is InChI=1S/C34H14F4N4/c35-21-5-19(6-22(36)11-21)17-1-3-25-27-13-32-28(14-31(27)33(41-15-39)29(25)9-17)26-4-2-18(10-30(26)34(32)42-16-40)20-7-23(37)12-24(38)8-20/h1-14H/b41-33+,42-34+. The number of halogens is 4. The Kier molecular flexibility index (Phi) is 5.60. The lowest BCUT2D eigenvalue weighted by atomic mass is 10.0. The van der Waals surface area contributed by atoms with Crippen molar-refractivity contribution in [3.05, 3.63) is 119 Å². The van der Waals surface area contributed by atoms with Crippen LogP contribution in [0.5, 0.6) is 0 Å². The van der Waals surface area contributed by atoms with E-state index in [1.54, 1.807) is 36.4 Å². The largest absolute Gasteiger partial charge is 0.207 e. The molecule has 0 unspecified atom stereocenters. The molecular formula is C34H14F4N4. The molecule has 0 aliphatic rings. The summed E-state index contributed by atoms with van der Waals surface area (Å²) in [6, 6.07) is 20.9. The Morgan fingerprint density at radius 1 is 0.381 bits per heavy atom. The van der Waals surface area contributed by atoms with Crippen molar-refractivity contribution in [3.8, 4) is 34.6 Å². The number of nitrogens with zero attached hydrogens (tertiary/aromatic N) is 4. The van der Waals surface area contributed by atoms with E-state index in [9.17, 15) is 28.1 Å². The maximum atomic E-state index is 13.9. The van der Waals surface area contributed by atoms with E-state index in [0.717, 1.165) is 33.7 Å². The lowest BCUT2D eigenvalue weighted by Gasteiger charge is -2.03. The van der Waals surface area contributed by atoms with Crippen LogP contribution in [-0.2, 0) is 0 Å². The van der Waals surface area contributed by atoms with Crippen molar-refractivity contribution in [2.24, 2.45) is 9.98 Å². The second-order valence-corrected chi connectivity index (χ2v) is 9.90. The number of nitriles is 2. The normalized spacial score (nSPS) is 12.5. The smallest absolute Gasteiger partial charge is 0.206 e. The fourth-order valence-electron chi connectivity index (χ4n) is 5.82. The van der Waals surface area contributed by atoms with E-state index < -0.39 is 23.3 Å². The number of hydrogen-bond acceptors (Lipinski definition) is 4. The summed E-state index contributed by atoms with van der Waals surface area (Å²) in [5.41, 5.74) is 1.79. The third-order valence-corrected chi connectivity index (χ3v) is 7.51. The van der Waals surface area contributed by atoms with Gasteiger partial charge in [-0.1, -0.05) is 24.3 Å². The maximum Gasteiger partial charge on any atom is 0.206 e. The van der Waals surface area contributed by atoms with Crippen LogP contribution in [0.25, 0.3) is 65.3 Å². The van der Waals surface area contributed by atoms with Crippen LogP contribution in [0.1, 0.15) is 0 Å². The lowest BCUT2D eigenvalue weighted by molar-refractivity contribution is 0.583. The van der Waals surface area contributed by atoms with Crippen LogP contribution in [0.15, 0.2) is 94.9 Å². The summed E-state index contributed by atoms with van der Waals surface area (Å²) >= 11 is 0. The van der Waals surface area contributed by atoms with Crippen molar-refractivity contribution >= 4 is 43.1 Å². The zero-order valence-electron chi connectivity index (χ0n) is 21.4. The van der Waals surface area contributed by atoms with Gasteiger partial charge in [-0.25, -0.2) is 17.6 Å². The molecule has 7 aromatic carbocycles. The van der Waals surface area contributed by atoms with Gasteiger partial charge in [-0.05, 0) is 92.3 Å². The average molecular weight is 555 g/mol. The second kappa shape index (κ2) is 9.36. The monoisotopic (exact) mass is 554 g/mol. The molecule has 0 saturated carbocycles. The summed E-state index contributed by atoms with van der Waals surface area (Å²) < 4.78 is 55.8. The summed E-state index contributed by atoms with van der Waals surface area (Å²) in [6.07, 6.45) is 3.72. The van der Waals surface area contributed by atoms with Gasteiger partial charge in [0.2, 0.25) is 12.4 Å². The minimum absolute atomic E-state index is 0.344. The first kappa shape index (κ1) is 25.1. The van der Waals surface area contributed by atoms with E-state index in [-0.39, 0.29) is 0 Å². The number of benzene rings is 5. The molecule has 0 radical (unpaired) electrons. The molecule has 0 fully saturated rings. The molecule has 4 nitrogen and oxygen atoms in total. The van der Waals surface area contributed by atoms with Crippen LogP contribution in [0.3, 0.4) is 0 Å². The Morgan fingerprint density at radius 2 is 0.738 bits per heavy atom. The van der Waals surface area contributed by atoms with E-state index in [4.69, 9.17) is 0 Å². The zero-order chi connectivity index (χ0) is 29.1. The minimum Gasteiger partial charge on any atom is -0.207 e. The molecule has 0 aromatic heterocycles. The molecule has 0 aliphatic carbocycles. The topological polar surface area (TPSA) is 72.3 Å². The van der Waals surface area contributed by atoms with Crippen LogP contribution in [0, 0.1) is 46.2 Å². The summed E-state index contributed by atoms with van der Waals surface area (Å²) in [5, 5.41) is 25.5. The van der Waals surface area contributed by atoms with Crippen molar-refractivity contribution in [3.63, 3.8) is 0 Å². The molecular weight excluding hydrogens is 540 g/mol. The first-order chi connectivity index (χ1) is 20.3. The van der Waals surface area contributed by atoms with Crippen LogP contribution in [0.2, 0.25) is 0 Å². The zero-order valence-corrected chi connectivity index (χ0v) is 21.4. The highest BCUT2D eigenvalue weighted by molar-refractivity contribution is 6.21. The highest BCUT2D eigenvalue weighted by Crippen LogP contribution is 2.35. The molecule has 7 rings (SSSR count). The Hall–Kier alpha value is -5.86. The Balaban J connectivity index is 1.54. The molecule has 0 atom stereocenters. The summed E-state index contributed by atoms with van der Waals surface area (Å²) in [7, 11) is 0. The molecule has 0 saturated heterocycles. The predicted octanol–water partition coefficient (Wildman–Crippen LogP) is 7.83. The molecule has 0 aliphatic heterocycles. The van der Waals surface area contributed by atoms with Crippen molar-refractivity contribution in [1.29, 1.82) is 10.5 Å². The van der Waals surface area contributed by atoms with E-state index in [1.807, 2.05) is 24.5 Å². The van der Waals surface area contributed by atoms with E-state index in [2.05, 4.69) is 9.98 Å². The van der Waals surface area contributed by atoms with Crippen LogP contribution >= 0.6 is 0 Å². The summed E-state index contributed by atoms with van der Waals surface area (Å²) in [6.45, 7) is 0. The van der Waals surface area contributed by atoms with Gasteiger partial charge < -0.3 is 0 Å². The molecule has 0 spiro atoms. The Bertz CT molecular complexity index is 2270. The van der Waals surface area contributed by atoms with Crippen LogP contribution < -0.4 is 10.7 Å². The van der Waals surface area contributed by atoms with Gasteiger partial charge in [0.25, 0.3) is 0 Å². The van der Waals surface area contributed by atoms with Gasteiger partial charge in [-0.2, -0.15) is 20.5 Å². The van der Waals surface area contributed by atoms with Gasteiger partial charge in [0.15, 0.2) is 0 Å². The average Bonchev–Trinajstić information content (AvgIpc) is 3.42. The molecule has 0 heterocycles. The van der Waals surface area contributed by atoms with Crippen molar-refractivity contribution in [2.45, 2.75) is 0 Å². The van der Waals surface area contributed by atoms with Crippen molar-refractivity contribution in [2.75, 3.05) is 0 Å². The summed E-state index contributed by atoms with van der Waals surface area (Å²) in [4.78, 5) is 8.21. The highest BCUT2D eigenvalue weighted by atomic mass is 19.1. The third kappa shape index (κ3) is 3.89. The van der Waals surface area contributed by atoms with E-state index >= 15 is 0 Å². The number of fused-ring (bicyclic) bond motifs is 6. The Morgan fingerprint density at radius 3 is 1.10 bits per heavy atom. The highest BCUT2D eigenvalue weighted by Gasteiger charge is 2.17. The van der Waals surface area contributed by atoms with Gasteiger partial charge >= 0.3 is 0 Å². The van der Waals surface area contributed by atoms with Gasteiger partial charge in [0.1, 0.15) is 23.3 Å². The lowest BCUT2D eigenvalue weighted by Crippen LogP contribution is -1.99. The fourth-order valence-corrected chi connectivity index (χ4v) is 5.82. The predicted molar refractivity (Wildman–Crippen MR) is 152 cm³/mol. The van der Waals surface area contributed by atoms with E-state index in [0.29, 0.717) is 54.5 Å².